The Morgan fingerprint density at radius 3 is 2.58 bits per heavy atom. The fraction of sp³-hybridized carbons (Fsp3) is 0.818. The number of rotatable bonds is 6. The molecule has 72 valence electrons. The molecule has 0 bridgehead atoms. The lowest BCUT2D eigenvalue weighted by atomic mass is 10.1. The monoisotopic (exact) mass is 170 g/mol. The molecule has 0 spiro atoms. The normalized spacial score (nSPS) is 12.6. The molecule has 0 amide bonds. The summed E-state index contributed by atoms with van der Waals surface area (Å²) in [7, 11) is 0. The van der Waals surface area contributed by atoms with Gasteiger partial charge in [0.2, 0.25) is 0 Å². The summed E-state index contributed by atoms with van der Waals surface area (Å²) < 4.78 is 5.47. The molecular weight excluding hydrogens is 148 g/mol. The van der Waals surface area contributed by atoms with Crippen molar-refractivity contribution in [2.24, 2.45) is 5.92 Å². The van der Waals surface area contributed by atoms with Crippen LogP contribution in [0.25, 0.3) is 0 Å². The molecule has 12 heavy (non-hydrogen) atoms. The molecule has 0 saturated carbocycles. The van der Waals surface area contributed by atoms with Gasteiger partial charge in [-0.1, -0.05) is 38.8 Å². The Labute approximate surface area is 76.8 Å². The molecule has 0 heterocycles. The van der Waals surface area contributed by atoms with Gasteiger partial charge in [0.1, 0.15) is 0 Å². The van der Waals surface area contributed by atoms with Gasteiger partial charge in [-0.15, -0.1) is 0 Å². The van der Waals surface area contributed by atoms with Crippen LogP contribution in [-0.2, 0) is 4.74 Å². The molecule has 0 aliphatic heterocycles. The lowest BCUT2D eigenvalue weighted by Gasteiger charge is -2.04. The summed E-state index contributed by atoms with van der Waals surface area (Å²) in [5.41, 5.74) is 1.35. The predicted molar refractivity (Wildman–Crippen MR) is 54.3 cm³/mol. The third-order valence-electron chi connectivity index (χ3n) is 1.59. The maximum Gasteiger partial charge on any atom is 0.0674 e. The Bertz CT molecular complexity index is 125. The molecule has 0 unspecified atom stereocenters. The van der Waals surface area contributed by atoms with Gasteiger partial charge < -0.3 is 4.74 Å². The lowest BCUT2D eigenvalue weighted by Crippen LogP contribution is -1.98. The van der Waals surface area contributed by atoms with Gasteiger partial charge in [0.25, 0.3) is 0 Å². The van der Waals surface area contributed by atoms with Crippen molar-refractivity contribution in [1.29, 1.82) is 0 Å². The minimum atomic E-state index is 0.639. The summed E-state index contributed by atoms with van der Waals surface area (Å²) >= 11 is 0. The van der Waals surface area contributed by atoms with Crippen LogP contribution in [0.5, 0.6) is 0 Å². The average Bonchev–Trinajstić information content (AvgIpc) is 1.97. The van der Waals surface area contributed by atoms with Gasteiger partial charge in [-0.05, 0) is 19.3 Å². The highest BCUT2D eigenvalue weighted by atomic mass is 16.5. The first-order chi connectivity index (χ1) is 5.66. The fourth-order valence-electron chi connectivity index (χ4n) is 1.10. The van der Waals surface area contributed by atoms with Crippen LogP contribution in [0, 0.1) is 5.92 Å². The Hall–Kier alpha value is -0.300. The Morgan fingerprint density at radius 1 is 1.42 bits per heavy atom. The number of hydrogen-bond acceptors (Lipinski definition) is 1. The molecule has 0 aliphatic rings. The maximum atomic E-state index is 5.47. The van der Waals surface area contributed by atoms with Crippen LogP contribution >= 0.6 is 0 Å². The highest BCUT2D eigenvalue weighted by Crippen LogP contribution is 2.02. The van der Waals surface area contributed by atoms with Gasteiger partial charge in [-0.25, -0.2) is 0 Å². The van der Waals surface area contributed by atoms with E-state index in [0.29, 0.717) is 5.92 Å². The van der Waals surface area contributed by atoms with Crippen molar-refractivity contribution in [2.45, 2.75) is 40.5 Å². The van der Waals surface area contributed by atoms with E-state index in [1.54, 1.807) is 0 Å². The zero-order valence-electron chi connectivity index (χ0n) is 8.89. The molecule has 0 aliphatic carbocycles. The molecule has 1 heteroatoms. The topological polar surface area (TPSA) is 9.23 Å². The van der Waals surface area contributed by atoms with Crippen molar-refractivity contribution < 1.29 is 4.74 Å². The van der Waals surface area contributed by atoms with Crippen molar-refractivity contribution in [3.8, 4) is 0 Å². The number of ether oxygens (including phenoxy) is 1. The molecular formula is C11H22O. The van der Waals surface area contributed by atoms with Crippen molar-refractivity contribution >= 4 is 0 Å². The summed E-state index contributed by atoms with van der Waals surface area (Å²) in [4.78, 5) is 0. The molecule has 0 radical (unpaired) electrons. The van der Waals surface area contributed by atoms with E-state index in [1.165, 1.54) is 18.4 Å². The third-order valence-corrected chi connectivity index (χ3v) is 1.59. The molecule has 0 aromatic rings. The van der Waals surface area contributed by atoms with Crippen molar-refractivity contribution in [3.63, 3.8) is 0 Å². The first kappa shape index (κ1) is 11.7. The van der Waals surface area contributed by atoms with E-state index < -0.39 is 0 Å². The second-order valence-corrected chi connectivity index (χ2v) is 3.66. The largest absolute Gasteiger partial charge is 0.377 e. The summed E-state index contributed by atoms with van der Waals surface area (Å²) in [5.74, 6) is 0.639. The smallest absolute Gasteiger partial charge is 0.0674 e. The summed E-state index contributed by atoms with van der Waals surface area (Å²) in [6.45, 7) is 10.4. The molecule has 0 rings (SSSR count). The molecule has 1 nitrogen and oxygen atoms in total. The second kappa shape index (κ2) is 7.35. The minimum Gasteiger partial charge on any atom is -0.377 e. The SMILES string of the molecule is CCCCOC/C(C)=C/C(C)C. The van der Waals surface area contributed by atoms with E-state index in [2.05, 4.69) is 33.8 Å². The summed E-state index contributed by atoms with van der Waals surface area (Å²) in [5, 5.41) is 0. The van der Waals surface area contributed by atoms with E-state index in [1.807, 2.05) is 0 Å². The van der Waals surface area contributed by atoms with Gasteiger partial charge in [0.15, 0.2) is 0 Å². The summed E-state index contributed by atoms with van der Waals surface area (Å²) in [6.07, 6.45) is 4.65. The van der Waals surface area contributed by atoms with Crippen LogP contribution in [0.2, 0.25) is 0 Å². The Morgan fingerprint density at radius 2 is 2.08 bits per heavy atom. The van der Waals surface area contributed by atoms with Crippen LogP contribution in [0.4, 0.5) is 0 Å². The lowest BCUT2D eigenvalue weighted by molar-refractivity contribution is 0.152. The molecule has 0 N–H and O–H groups in total. The van der Waals surface area contributed by atoms with Gasteiger partial charge in [-0.3, -0.25) is 0 Å². The van der Waals surface area contributed by atoms with Crippen molar-refractivity contribution in [1.82, 2.24) is 0 Å². The number of unbranched alkanes of at least 4 members (excludes halogenated alkanes) is 1. The highest BCUT2D eigenvalue weighted by molar-refractivity contribution is 4.99. The highest BCUT2D eigenvalue weighted by Gasteiger charge is 1.92. The van der Waals surface area contributed by atoms with Gasteiger partial charge in [-0.2, -0.15) is 0 Å². The molecule has 0 saturated heterocycles. The van der Waals surface area contributed by atoms with Gasteiger partial charge >= 0.3 is 0 Å². The van der Waals surface area contributed by atoms with Crippen molar-refractivity contribution in [3.05, 3.63) is 11.6 Å². The van der Waals surface area contributed by atoms with Crippen LogP contribution in [0.15, 0.2) is 11.6 Å². The van der Waals surface area contributed by atoms with Crippen LogP contribution < -0.4 is 0 Å². The van der Waals surface area contributed by atoms with E-state index in [0.717, 1.165) is 13.2 Å². The molecule has 0 aromatic heterocycles. The third kappa shape index (κ3) is 7.80. The van der Waals surface area contributed by atoms with Crippen LogP contribution in [0.3, 0.4) is 0 Å². The van der Waals surface area contributed by atoms with Crippen LogP contribution in [-0.4, -0.2) is 13.2 Å². The van der Waals surface area contributed by atoms with E-state index in [4.69, 9.17) is 4.74 Å². The van der Waals surface area contributed by atoms with Crippen molar-refractivity contribution in [2.75, 3.05) is 13.2 Å². The Balaban J connectivity index is 3.37. The van der Waals surface area contributed by atoms with Gasteiger partial charge in [0.05, 0.1) is 6.61 Å². The summed E-state index contributed by atoms with van der Waals surface area (Å²) in [6, 6.07) is 0. The molecule has 0 aromatic carbocycles. The van der Waals surface area contributed by atoms with Crippen LogP contribution in [0.1, 0.15) is 40.5 Å². The van der Waals surface area contributed by atoms with E-state index in [-0.39, 0.29) is 0 Å². The zero-order chi connectivity index (χ0) is 9.40. The number of hydrogen-bond donors (Lipinski definition) is 0. The second-order valence-electron chi connectivity index (χ2n) is 3.66. The quantitative estimate of drug-likeness (QED) is 0.438. The standard InChI is InChI=1S/C11H22O/c1-5-6-7-12-9-11(4)8-10(2)3/h8,10H,5-7,9H2,1-4H3/b11-8+. The predicted octanol–water partition coefficient (Wildman–Crippen LogP) is 3.41. The first-order valence-corrected chi connectivity index (χ1v) is 4.91. The maximum absolute atomic E-state index is 5.47. The molecule has 0 fully saturated rings. The van der Waals surface area contributed by atoms with Gasteiger partial charge in [0, 0.05) is 6.61 Å². The first-order valence-electron chi connectivity index (χ1n) is 4.91. The van der Waals surface area contributed by atoms with E-state index in [9.17, 15) is 0 Å². The zero-order valence-corrected chi connectivity index (χ0v) is 8.89. The van der Waals surface area contributed by atoms with E-state index >= 15 is 0 Å². The minimum absolute atomic E-state index is 0.639. The fourth-order valence-corrected chi connectivity index (χ4v) is 1.10. The number of allylic oxidation sites excluding steroid dienone is 1. The Kier molecular flexibility index (Phi) is 7.17. The average molecular weight is 170 g/mol. The molecule has 0 atom stereocenters.